The van der Waals surface area contributed by atoms with Crippen LogP contribution in [0.15, 0.2) is 91.0 Å². The Labute approximate surface area is 187 Å². The van der Waals surface area contributed by atoms with Gasteiger partial charge in [0.1, 0.15) is 24.7 Å². The zero-order valence-corrected chi connectivity index (χ0v) is 17.5. The van der Waals surface area contributed by atoms with Crippen LogP contribution >= 0.6 is 0 Å². The molecule has 1 N–H and O–H groups in total. The molecule has 6 nitrogen and oxygen atoms in total. The Bertz CT molecular complexity index is 1050. The highest BCUT2D eigenvalue weighted by molar-refractivity contribution is 5.89. The van der Waals surface area contributed by atoms with E-state index in [9.17, 15) is 9.59 Å². The van der Waals surface area contributed by atoms with E-state index >= 15 is 0 Å². The van der Waals surface area contributed by atoms with Gasteiger partial charge in [0.15, 0.2) is 6.23 Å². The van der Waals surface area contributed by atoms with Crippen molar-refractivity contribution in [3.63, 3.8) is 0 Å². The van der Waals surface area contributed by atoms with Crippen molar-refractivity contribution in [1.29, 1.82) is 0 Å². The first kappa shape index (κ1) is 21.3. The second-order valence-corrected chi connectivity index (χ2v) is 7.36. The van der Waals surface area contributed by atoms with Crippen LogP contribution in [-0.2, 0) is 4.74 Å². The van der Waals surface area contributed by atoms with E-state index in [2.05, 4.69) is 5.32 Å². The Morgan fingerprint density at radius 2 is 1.66 bits per heavy atom. The monoisotopic (exact) mass is 428 g/mol. The molecule has 0 aromatic heterocycles. The summed E-state index contributed by atoms with van der Waals surface area (Å²) >= 11 is 0. The Balaban J connectivity index is 1.44. The number of hydrogen-bond acceptors (Lipinski definition) is 4. The van der Waals surface area contributed by atoms with Crippen LogP contribution in [0.1, 0.15) is 15.9 Å². The van der Waals surface area contributed by atoms with Gasteiger partial charge in [-0.3, -0.25) is 9.69 Å². The normalized spacial score (nSPS) is 17.9. The standard InChI is InChI=1S/C26H24N2O4/c29-18-21-11-14-23(15-12-21)31-19-24-17-28(26(30)27-22-9-5-2-6-10-22)25(32-24)16-13-20-7-3-1-4-8-20/h1-16,18,24-25H,17,19H2,(H,27,30)/b16-13+. The molecule has 0 aliphatic carbocycles. The molecular weight excluding hydrogens is 404 g/mol. The fourth-order valence-electron chi connectivity index (χ4n) is 3.38. The highest BCUT2D eigenvalue weighted by Gasteiger charge is 2.35. The first-order valence-corrected chi connectivity index (χ1v) is 10.4. The van der Waals surface area contributed by atoms with Crippen LogP contribution in [0.4, 0.5) is 10.5 Å². The summed E-state index contributed by atoms with van der Waals surface area (Å²) in [5.74, 6) is 0.641. The highest BCUT2D eigenvalue weighted by Crippen LogP contribution is 2.22. The molecule has 1 saturated heterocycles. The average Bonchev–Trinajstić information content (AvgIpc) is 3.26. The lowest BCUT2D eigenvalue weighted by molar-refractivity contribution is 0.0236. The van der Waals surface area contributed by atoms with E-state index < -0.39 is 6.23 Å². The Kier molecular flexibility index (Phi) is 6.94. The number of nitrogens with zero attached hydrogens (tertiary/aromatic N) is 1. The maximum Gasteiger partial charge on any atom is 0.324 e. The summed E-state index contributed by atoms with van der Waals surface area (Å²) in [6, 6.07) is 25.8. The highest BCUT2D eigenvalue weighted by atomic mass is 16.6. The quantitative estimate of drug-likeness (QED) is 0.546. The van der Waals surface area contributed by atoms with E-state index in [-0.39, 0.29) is 18.7 Å². The molecule has 3 aromatic carbocycles. The Hall–Kier alpha value is -3.90. The van der Waals surface area contributed by atoms with Crippen LogP contribution < -0.4 is 10.1 Å². The largest absolute Gasteiger partial charge is 0.491 e. The summed E-state index contributed by atoms with van der Waals surface area (Å²) in [5, 5.41) is 2.92. The lowest BCUT2D eigenvalue weighted by Crippen LogP contribution is -2.38. The van der Waals surface area contributed by atoms with Crippen molar-refractivity contribution in [1.82, 2.24) is 4.90 Å². The molecule has 1 aliphatic heterocycles. The molecule has 2 amide bonds. The van der Waals surface area contributed by atoms with Crippen molar-refractivity contribution in [2.45, 2.75) is 12.3 Å². The summed E-state index contributed by atoms with van der Waals surface area (Å²) in [4.78, 5) is 25.4. The summed E-state index contributed by atoms with van der Waals surface area (Å²) in [7, 11) is 0. The van der Waals surface area contributed by atoms with Gasteiger partial charge in [-0.2, -0.15) is 0 Å². The summed E-state index contributed by atoms with van der Waals surface area (Å²) in [5.41, 5.74) is 2.33. The number of aldehydes is 1. The van der Waals surface area contributed by atoms with Gasteiger partial charge < -0.3 is 14.8 Å². The van der Waals surface area contributed by atoms with Crippen molar-refractivity contribution in [2.75, 3.05) is 18.5 Å². The van der Waals surface area contributed by atoms with Crippen LogP contribution in [0.2, 0.25) is 0 Å². The van der Waals surface area contributed by atoms with E-state index in [0.29, 0.717) is 17.9 Å². The molecular formula is C26H24N2O4. The molecule has 0 saturated carbocycles. The van der Waals surface area contributed by atoms with Gasteiger partial charge in [-0.25, -0.2) is 4.79 Å². The maximum absolute atomic E-state index is 13.0. The molecule has 2 unspecified atom stereocenters. The predicted octanol–water partition coefficient (Wildman–Crippen LogP) is 4.85. The smallest absolute Gasteiger partial charge is 0.324 e. The summed E-state index contributed by atoms with van der Waals surface area (Å²) < 4.78 is 11.9. The van der Waals surface area contributed by atoms with Crippen molar-refractivity contribution in [3.05, 3.63) is 102 Å². The molecule has 2 atom stereocenters. The van der Waals surface area contributed by atoms with Crippen molar-refractivity contribution < 1.29 is 19.1 Å². The topological polar surface area (TPSA) is 67.9 Å². The summed E-state index contributed by atoms with van der Waals surface area (Å²) in [6.45, 7) is 0.667. The number of ether oxygens (including phenoxy) is 2. The number of nitrogens with one attached hydrogen (secondary N) is 1. The predicted molar refractivity (Wildman–Crippen MR) is 124 cm³/mol. The first-order chi connectivity index (χ1) is 15.7. The summed E-state index contributed by atoms with van der Waals surface area (Å²) in [6.07, 6.45) is 3.78. The van der Waals surface area contributed by atoms with Gasteiger partial charge in [-0.05, 0) is 48.0 Å². The third-order valence-electron chi connectivity index (χ3n) is 5.03. The second kappa shape index (κ2) is 10.4. The minimum absolute atomic E-state index is 0.239. The average molecular weight is 428 g/mol. The van der Waals surface area contributed by atoms with E-state index in [4.69, 9.17) is 9.47 Å². The van der Waals surface area contributed by atoms with E-state index in [0.717, 1.165) is 17.5 Å². The molecule has 0 spiro atoms. The van der Waals surface area contributed by atoms with Crippen molar-refractivity contribution in [3.8, 4) is 5.75 Å². The third-order valence-corrected chi connectivity index (χ3v) is 5.03. The van der Waals surface area contributed by atoms with Crippen LogP contribution in [0.25, 0.3) is 6.08 Å². The third kappa shape index (κ3) is 5.62. The molecule has 1 heterocycles. The fourth-order valence-corrected chi connectivity index (χ4v) is 3.38. The van der Waals surface area contributed by atoms with Gasteiger partial charge in [0.25, 0.3) is 0 Å². The number of benzene rings is 3. The zero-order chi connectivity index (χ0) is 22.2. The van der Waals surface area contributed by atoms with E-state index in [1.165, 1.54) is 0 Å². The SMILES string of the molecule is O=Cc1ccc(OCC2CN(C(=O)Nc3ccccc3)C(/C=C/c3ccccc3)O2)cc1. The fraction of sp³-hybridized carbons (Fsp3) is 0.154. The number of hydrogen-bond donors (Lipinski definition) is 1. The van der Waals surface area contributed by atoms with Gasteiger partial charge in [0, 0.05) is 11.3 Å². The van der Waals surface area contributed by atoms with Gasteiger partial charge in [0.05, 0.1) is 6.54 Å². The number of para-hydroxylation sites is 1. The van der Waals surface area contributed by atoms with Gasteiger partial charge >= 0.3 is 6.03 Å². The Morgan fingerprint density at radius 3 is 2.34 bits per heavy atom. The number of anilines is 1. The van der Waals surface area contributed by atoms with Crippen LogP contribution in [0.3, 0.4) is 0 Å². The van der Waals surface area contributed by atoms with Gasteiger partial charge in [0.2, 0.25) is 0 Å². The molecule has 162 valence electrons. The van der Waals surface area contributed by atoms with E-state index in [1.54, 1.807) is 29.2 Å². The van der Waals surface area contributed by atoms with Crippen LogP contribution in [0.5, 0.6) is 5.75 Å². The van der Waals surface area contributed by atoms with Gasteiger partial charge in [-0.15, -0.1) is 0 Å². The van der Waals surface area contributed by atoms with Gasteiger partial charge in [-0.1, -0.05) is 54.6 Å². The van der Waals surface area contributed by atoms with Crippen molar-refractivity contribution >= 4 is 24.1 Å². The molecule has 6 heteroatoms. The van der Waals surface area contributed by atoms with E-state index in [1.807, 2.05) is 72.8 Å². The van der Waals surface area contributed by atoms with Crippen molar-refractivity contribution in [2.24, 2.45) is 0 Å². The second-order valence-electron chi connectivity index (χ2n) is 7.36. The number of carbonyl (C=O) groups excluding carboxylic acids is 2. The number of rotatable bonds is 7. The lowest BCUT2D eigenvalue weighted by atomic mass is 10.2. The molecule has 1 aliphatic rings. The molecule has 32 heavy (non-hydrogen) atoms. The molecule has 4 rings (SSSR count). The van der Waals surface area contributed by atoms with Crippen LogP contribution in [0, 0.1) is 0 Å². The number of amides is 2. The Morgan fingerprint density at radius 1 is 0.969 bits per heavy atom. The zero-order valence-electron chi connectivity index (χ0n) is 17.5. The number of urea groups is 1. The molecule has 0 radical (unpaired) electrons. The molecule has 3 aromatic rings. The van der Waals surface area contributed by atoms with Crippen LogP contribution in [-0.4, -0.2) is 42.7 Å². The first-order valence-electron chi connectivity index (χ1n) is 10.4. The minimum atomic E-state index is -0.523. The molecule has 1 fully saturated rings. The lowest BCUT2D eigenvalue weighted by Gasteiger charge is -2.21. The molecule has 0 bridgehead atoms. The minimum Gasteiger partial charge on any atom is -0.491 e. The maximum atomic E-state index is 13.0. The number of carbonyl (C=O) groups is 2.